The molecule has 4 amide bonds. The maximum atomic E-state index is 12.5. The van der Waals surface area contributed by atoms with Crippen LogP contribution in [0.3, 0.4) is 0 Å². The molecule has 1 aliphatic heterocycles. The number of hydrogen-bond acceptors (Lipinski definition) is 8. The summed E-state index contributed by atoms with van der Waals surface area (Å²) in [7, 11) is 1.61. The summed E-state index contributed by atoms with van der Waals surface area (Å²) in [5.41, 5.74) is 4.70. The van der Waals surface area contributed by atoms with Crippen LogP contribution in [0.4, 0.5) is 11.4 Å². The van der Waals surface area contributed by atoms with Gasteiger partial charge in [-0.05, 0) is 43.3 Å². The largest absolute Gasteiger partial charge is 0.495 e. The van der Waals surface area contributed by atoms with Gasteiger partial charge in [-0.2, -0.15) is 5.10 Å². The second-order valence-corrected chi connectivity index (χ2v) is 8.96. The van der Waals surface area contributed by atoms with Gasteiger partial charge in [0.1, 0.15) is 17.3 Å². The Morgan fingerprint density at radius 2 is 1.65 bits per heavy atom. The normalized spacial score (nSPS) is 13.2. The van der Waals surface area contributed by atoms with Crippen molar-refractivity contribution in [3.05, 3.63) is 77.7 Å². The summed E-state index contributed by atoms with van der Waals surface area (Å²) in [6.45, 7) is 3.76. The Hall–Kier alpha value is -5.13. The van der Waals surface area contributed by atoms with E-state index in [0.717, 1.165) is 17.0 Å². The number of nitrogens with zero attached hydrogens (tertiary/aromatic N) is 3. The number of furan rings is 1. The van der Waals surface area contributed by atoms with Gasteiger partial charge in [0.15, 0.2) is 0 Å². The third-order valence-electron chi connectivity index (χ3n) is 6.17. The van der Waals surface area contributed by atoms with Crippen molar-refractivity contribution in [3.8, 4) is 5.75 Å². The summed E-state index contributed by atoms with van der Waals surface area (Å²) >= 11 is 0. The first-order chi connectivity index (χ1) is 19.3. The molecule has 0 unspecified atom stereocenters. The van der Waals surface area contributed by atoms with E-state index < -0.39 is 23.6 Å². The third-order valence-corrected chi connectivity index (χ3v) is 6.17. The van der Waals surface area contributed by atoms with Crippen LogP contribution in [-0.4, -0.2) is 68.0 Å². The molecule has 0 aliphatic carbocycles. The lowest BCUT2D eigenvalue weighted by atomic mass is 10.2. The fourth-order valence-electron chi connectivity index (χ4n) is 4.02. The predicted octanol–water partition coefficient (Wildman–Crippen LogP) is 1.65. The first kappa shape index (κ1) is 27.9. The molecular formula is C28H30N6O6. The number of carbonyl (C=O) groups excluding carboxylic acids is 4. The number of para-hydroxylation sites is 2. The molecule has 0 bridgehead atoms. The van der Waals surface area contributed by atoms with Gasteiger partial charge < -0.3 is 29.6 Å². The van der Waals surface area contributed by atoms with Gasteiger partial charge >= 0.3 is 23.6 Å². The molecule has 1 fully saturated rings. The summed E-state index contributed by atoms with van der Waals surface area (Å²) in [5, 5.41) is 8.77. The van der Waals surface area contributed by atoms with Crippen LogP contribution in [0.1, 0.15) is 17.1 Å². The monoisotopic (exact) mass is 546 g/mol. The van der Waals surface area contributed by atoms with Crippen molar-refractivity contribution in [2.75, 3.05) is 43.5 Å². The van der Waals surface area contributed by atoms with Crippen LogP contribution in [0.15, 0.2) is 70.2 Å². The SMILES string of the molecule is COc1ccccc1N1CCN(C(=O)C(=O)N/N=C/c2ccc(CNC(=O)C(=O)Nc3ccc(C)cc3)o2)CC1. The Bertz CT molecular complexity index is 1390. The van der Waals surface area contributed by atoms with Gasteiger partial charge in [0.25, 0.3) is 0 Å². The van der Waals surface area contributed by atoms with Gasteiger partial charge in [0, 0.05) is 31.9 Å². The fourth-order valence-corrected chi connectivity index (χ4v) is 4.02. The molecule has 3 aromatic rings. The first-order valence-corrected chi connectivity index (χ1v) is 12.6. The topological polar surface area (TPSA) is 146 Å². The van der Waals surface area contributed by atoms with E-state index in [9.17, 15) is 19.2 Å². The summed E-state index contributed by atoms with van der Waals surface area (Å²) in [6.07, 6.45) is 1.24. The van der Waals surface area contributed by atoms with Crippen molar-refractivity contribution < 1.29 is 28.3 Å². The van der Waals surface area contributed by atoms with Crippen molar-refractivity contribution in [1.29, 1.82) is 0 Å². The van der Waals surface area contributed by atoms with Gasteiger partial charge in [0.05, 0.1) is 25.6 Å². The molecule has 1 aromatic heterocycles. The van der Waals surface area contributed by atoms with Gasteiger partial charge in [-0.15, -0.1) is 0 Å². The zero-order valence-corrected chi connectivity index (χ0v) is 22.2. The minimum atomic E-state index is -0.861. The molecule has 1 aliphatic rings. The lowest BCUT2D eigenvalue weighted by Gasteiger charge is -2.36. The molecule has 208 valence electrons. The Morgan fingerprint density at radius 3 is 2.38 bits per heavy atom. The number of piperazine rings is 1. The molecular weight excluding hydrogens is 516 g/mol. The van der Waals surface area contributed by atoms with Gasteiger partial charge in [-0.25, -0.2) is 5.43 Å². The van der Waals surface area contributed by atoms with Crippen molar-refractivity contribution in [3.63, 3.8) is 0 Å². The zero-order chi connectivity index (χ0) is 28.5. The number of anilines is 2. The van der Waals surface area contributed by atoms with E-state index in [4.69, 9.17) is 9.15 Å². The van der Waals surface area contributed by atoms with Crippen LogP contribution >= 0.6 is 0 Å². The summed E-state index contributed by atoms with van der Waals surface area (Å²) < 4.78 is 10.9. The predicted molar refractivity (Wildman–Crippen MR) is 148 cm³/mol. The van der Waals surface area contributed by atoms with Crippen LogP contribution in [0.2, 0.25) is 0 Å². The fraction of sp³-hybridized carbons (Fsp3) is 0.250. The third kappa shape index (κ3) is 7.25. The van der Waals surface area contributed by atoms with E-state index in [1.54, 1.807) is 31.4 Å². The molecule has 0 atom stereocenters. The number of amides is 4. The van der Waals surface area contributed by atoms with Crippen LogP contribution in [0, 0.1) is 6.92 Å². The van der Waals surface area contributed by atoms with Gasteiger partial charge in [0.2, 0.25) is 0 Å². The maximum absolute atomic E-state index is 12.5. The highest BCUT2D eigenvalue weighted by molar-refractivity contribution is 6.39. The molecule has 0 radical (unpaired) electrons. The average molecular weight is 547 g/mol. The number of carbonyl (C=O) groups is 4. The molecule has 2 aromatic carbocycles. The number of methoxy groups -OCH3 is 1. The van der Waals surface area contributed by atoms with E-state index in [0.29, 0.717) is 37.6 Å². The van der Waals surface area contributed by atoms with E-state index in [1.165, 1.54) is 11.1 Å². The summed E-state index contributed by atoms with van der Waals surface area (Å²) in [5.74, 6) is -1.75. The van der Waals surface area contributed by atoms with E-state index in [1.807, 2.05) is 43.3 Å². The summed E-state index contributed by atoms with van der Waals surface area (Å²) in [4.78, 5) is 52.6. The van der Waals surface area contributed by atoms with Crippen LogP contribution in [-0.2, 0) is 25.7 Å². The number of rotatable bonds is 7. The molecule has 12 heteroatoms. The van der Waals surface area contributed by atoms with Crippen molar-refractivity contribution in [2.45, 2.75) is 13.5 Å². The number of benzene rings is 2. The maximum Gasteiger partial charge on any atom is 0.329 e. The molecule has 3 N–H and O–H groups in total. The first-order valence-electron chi connectivity index (χ1n) is 12.6. The molecule has 12 nitrogen and oxygen atoms in total. The van der Waals surface area contributed by atoms with Gasteiger partial charge in [-0.1, -0.05) is 29.8 Å². The lowest BCUT2D eigenvalue weighted by molar-refractivity contribution is -0.146. The van der Waals surface area contributed by atoms with Gasteiger partial charge in [-0.3, -0.25) is 19.2 Å². The van der Waals surface area contributed by atoms with E-state index in [2.05, 4.69) is 26.1 Å². The van der Waals surface area contributed by atoms with Crippen molar-refractivity contribution in [1.82, 2.24) is 15.6 Å². The Balaban J connectivity index is 1.19. The molecule has 0 spiro atoms. The number of ether oxygens (including phenoxy) is 1. The smallest absolute Gasteiger partial charge is 0.329 e. The highest BCUT2D eigenvalue weighted by Crippen LogP contribution is 2.28. The molecule has 0 saturated carbocycles. The average Bonchev–Trinajstić information content (AvgIpc) is 3.44. The van der Waals surface area contributed by atoms with Crippen molar-refractivity contribution >= 4 is 41.2 Å². The number of aryl methyl sites for hydroxylation is 1. The van der Waals surface area contributed by atoms with Crippen LogP contribution in [0.5, 0.6) is 5.75 Å². The lowest BCUT2D eigenvalue weighted by Crippen LogP contribution is -2.52. The molecule has 4 rings (SSSR count). The minimum Gasteiger partial charge on any atom is -0.495 e. The Kier molecular flexibility index (Phi) is 9.13. The zero-order valence-electron chi connectivity index (χ0n) is 22.2. The second kappa shape index (κ2) is 13.1. The Labute approximate surface area is 231 Å². The summed E-state index contributed by atoms with van der Waals surface area (Å²) in [6, 6.07) is 17.9. The standard InChI is InChI=1S/C28H30N6O6/c1-19-7-9-20(10-8-19)31-26(36)25(35)29-17-21-11-12-22(40-21)18-30-32-27(37)28(38)34-15-13-33(14-16-34)23-5-3-4-6-24(23)39-2/h3-12,18H,13-17H2,1-2H3,(H,29,35)(H,31,36)(H,32,37)/b30-18+. The molecule has 1 saturated heterocycles. The minimum absolute atomic E-state index is 0.0281. The molecule has 2 heterocycles. The second-order valence-electron chi connectivity index (χ2n) is 8.96. The molecule has 40 heavy (non-hydrogen) atoms. The quantitative estimate of drug-likeness (QED) is 0.232. The number of nitrogens with one attached hydrogen (secondary N) is 3. The van der Waals surface area contributed by atoms with Crippen molar-refractivity contribution in [2.24, 2.45) is 5.10 Å². The highest BCUT2D eigenvalue weighted by Gasteiger charge is 2.27. The number of hydrazone groups is 1. The highest BCUT2D eigenvalue weighted by atomic mass is 16.5. The van der Waals surface area contributed by atoms with E-state index in [-0.39, 0.29) is 12.3 Å². The van der Waals surface area contributed by atoms with E-state index >= 15 is 0 Å². The number of hydrogen-bond donors (Lipinski definition) is 3. The Morgan fingerprint density at radius 1 is 0.925 bits per heavy atom. The van der Waals surface area contributed by atoms with Crippen LogP contribution < -0.4 is 25.7 Å². The van der Waals surface area contributed by atoms with Crippen LogP contribution in [0.25, 0.3) is 0 Å².